The standard InChI is InChI=1S/C8H8O7.C6H8O/c1-3(9)6(8(14)15)4(7(12)13)2-5(10)11;1-3-5-6(7)4-2/h9H,1-2H2,(H,10,11)(H,12,13)(H,14,15);3-4,7H,2H2,1H3/b6-4-;. The highest BCUT2D eigenvalue weighted by atomic mass is 16.4. The average molecular weight is 312 g/mol. The van der Waals surface area contributed by atoms with Crippen molar-refractivity contribution < 1.29 is 39.9 Å². The van der Waals surface area contributed by atoms with Gasteiger partial charge in [0.25, 0.3) is 0 Å². The van der Waals surface area contributed by atoms with Crippen LogP contribution in [0.1, 0.15) is 13.3 Å². The zero-order valence-electron chi connectivity index (χ0n) is 11.7. The molecule has 0 heterocycles. The Morgan fingerprint density at radius 1 is 1.05 bits per heavy atom. The molecule has 22 heavy (non-hydrogen) atoms. The lowest BCUT2D eigenvalue weighted by Crippen LogP contribution is -2.15. The highest BCUT2D eigenvalue weighted by molar-refractivity contribution is 6.03. The molecule has 120 valence electrons. The molecule has 0 amide bonds. The molecule has 0 aliphatic rings. The molecular formula is C14H16O8. The minimum absolute atomic E-state index is 0.0856. The van der Waals surface area contributed by atoms with Crippen molar-refractivity contribution in [3.05, 3.63) is 53.7 Å². The first-order valence-electron chi connectivity index (χ1n) is 5.60. The van der Waals surface area contributed by atoms with Crippen LogP contribution >= 0.6 is 0 Å². The molecule has 5 N–H and O–H groups in total. The summed E-state index contributed by atoms with van der Waals surface area (Å²) < 4.78 is 0. The van der Waals surface area contributed by atoms with E-state index in [0.717, 1.165) is 0 Å². The van der Waals surface area contributed by atoms with Crippen molar-refractivity contribution in [2.45, 2.75) is 13.3 Å². The Morgan fingerprint density at radius 2 is 1.55 bits per heavy atom. The summed E-state index contributed by atoms with van der Waals surface area (Å²) >= 11 is 0. The summed E-state index contributed by atoms with van der Waals surface area (Å²) in [6.45, 7) is 7.94. The van der Waals surface area contributed by atoms with Gasteiger partial charge in [0.2, 0.25) is 0 Å². The van der Waals surface area contributed by atoms with E-state index in [0.29, 0.717) is 0 Å². The van der Waals surface area contributed by atoms with Gasteiger partial charge < -0.3 is 25.5 Å². The minimum Gasteiger partial charge on any atom is -0.508 e. The van der Waals surface area contributed by atoms with Gasteiger partial charge in [-0.2, -0.15) is 0 Å². The number of aliphatic hydroxyl groups excluding tert-OH is 2. The summed E-state index contributed by atoms with van der Waals surface area (Å²) in [6.07, 6.45) is 1.94. The van der Waals surface area contributed by atoms with Crippen molar-refractivity contribution in [2.75, 3.05) is 0 Å². The quantitative estimate of drug-likeness (QED) is 0.215. The largest absolute Gasteiger partial charge is 0.508 e. The van der Waals surface area contributed by atoms with Gasteiger partial charge in [0.1, 0.15) is 11.3 Å². The van der Waals surface area contributed by atoms with Gasteiger partial charge in [-0.25, -0.2) is 9.59 Å². The third-order valence-corrected chi connectivity index (χ3v) is 1.88. The maximum absolute atomic E-state index is 10.5. The average Bonchev–Trinajstić information content (AvgIpc) is 2.37. The van der Waals surface area contributed by atoms with E-state index in [4.69, 9.17) is 25.5 Å². The maximum atomic E-state index is 10.5. The van der Waals surface area contributed by atoms with Gasteiger partial charge in [0, 0.05) is 0 Å². The van der Waals surface area contributed by atoms with E-state index in [1.54, 1.807) is 13.0 Å². The zero-order chi connectivity index (χ0) is 17.9. The van der Waals surface area contributed by atoms with E-state index >= 15 is 0 Å². The van der Waals surface area contributed by atoms with Crippen LogP contribution in [-0.4, -0.2) is 43.4 Å². The third-order valence-electron chi connectivity index (χ3n) is 1.88. The van der Waals surface area contributed by atoms with Crippen molar-refractivity contribution in [1.82, 2.24) is 0 Å². The van der Waals surface area contributed by atoms with E-state index in [2.05, 4.69) is 18.9 Å². The van der Waals surface area contributed by atoms with Gasteiger partial charge in [-0.15, -0.1) is 0 Å². The highest BCUT2D eigenvalue weighted by Gasteiger charge is 2.24. The van der Waals surface area contributed by atoms with Crippen molar-refractivity contribution >= 4 is 17.9 Å². The molecule has 0 saturated carbocycles. The zero-order valence-corrected chi connectivity index (χ0v) is 11.7. The first-order chi connectivity index (χ1) is 10.1. The highest BCUT2D eigenvalue weighted by Crippen LogP contribution is 2.15. The fraction of sp³-hybridized carbons (Fsp3) is 0.143. The van der Waals surface area contributed by atoms with Crippen LogP contribution in [-0.2, 0) is 14.4 Å². The molecule has 0 saturated heterocycles. The number of carboxylic acids is 3. The summed E-state index contributed by atoms with van der Waals surface area (Å²) in [4.78, 5) is 31.3. The van der Waals surface area contributed by atoms with Crippen LogP contribution in [0.15, 0.2) is 53.7 Å². The summed E-state index contributed by atoms with van der Waals surface area (Å²) in [6, 6.07) is 0. The Kier molecular flexibility index (Phi) is 10.1. The van der Waals surface area contributed by atoms with Crippen molar-refractivity contribution in [3.8, 4) is 0 Å². The van der Waals surface area contributed by atoms with Crippen LogP contribution in [0.5, 0.6) is 0 Å². The lowest BCUT2D eigenvalue weighted by atomic mass is 10.0. The van der Waals surface area contributed by atoms with E-state index in [-0.39, 0.29) is 5.76 Å². The molecule has 0 aromatic heterocycles. The molecule has 0 fully saturated rings. The van der Waals surface area contributed by atoms with Crippen LogP contribution in [0.25, 0.3) is 0 Å². The van der Waals surface area contributed by atoms with Crippen molar-refractivity contribution in [2.24, 2.45) is 0 Å². The van der Waals surface area contributed by atoms with E-state index < -0.39 is 41.2 Å². The Morgan fingerprint density at radius 3 is 1.73 bits per heavy atom. The molecule has 0 unspecified atom stereocenters. The minimum atomic E-state index is -1.75. The topological polar surface area (TPSA) is 152 Å². The number of aliphatic hydroxyl groups is 2. The summed E-state index contributed by atoms with van der Waals surface area (Å²) in [5.74, 6) is -5.91. The van der Waals surface area contributed by atoms with Crippen LogP contribution < -0.4 is 0 Å². The van der Waals surface area contributed by atoms with E-state index in [9.17, 15) is 14.4 Å². The SMILES string of the molecule is C=C(O)/C(C(=O)O)=C(\CC(=O)O)C(=O)O.C=CC(O)=C=CC. The van der Waals surface area contributed by atoms with E-state index in [1.165, 1.54) is 6.08 Å². The molecule has 8 heteroatoms. The Bertz CT molecular complexity index is 558. The Hall–Kier alpha value is -3.25. The second-order valence-corrected chi connectivity index (χ2v) is 3.50. The number of allylic oxidation sites excluding steroid dienone is 1. The van der Waals surface area contributed by atoms with Gasteiger partial charge in [-0.1, -0.05) is 18.9 Å². The van der Waals surface area contributed by atoms with Gasteiger partial charge in [-0.05, 0) is 19.1 Å². The lowest BCUT2D eigenvalue weighted by molar-refractivity contribution is -0.140. The predicted octanol–water partition coefficient (Wildman–Crippen LogP) is 1.79. The van der Waals surface area contributed by atoms with Crippen LogP contribution in [0, 0.1) is 0 Å². The summed E-state index contributed by atoms with van der Waals surface area (Å²) in [7, 11) is 0. The Labute approximate surface area is 125 Å². The molecule has 0 aliphatic carbocycles. The number of hydrogen-bond acceptors (Lipinski definition) is 5. The van der Waals surface area contributed by atoms with Crippen LogP contribution in [0.4, 0.5) is 0 Å². The molecule has 8 nitrogen and oxygen atoms in total. The molecule has 0 aromatic carbocycles. The molecule has 0 aliphatic heterocycles. The second kappa shape index (κ2) is 10.5. The number of carbonyl (C=O) groups is 3. The molecule has 0 aromatic rings. The first-order valence-corrected chi connectivity index (χ1v) is 5.60. The first kappa shape index (κ1) is 21.1. The molecule has 0 radical (unpaired) electrons. The number of aliphatic carboxylic acids is 3. The van der Waals surface area contributed by atoms with Crippen LogP contribution in [0.3, 0.4) is 0 Å². The number of rotatable bonds is 6. The van der Waals surface area contributed by atoms with E-state index in [1.807, 2.05) is 0 Å². The molecule has 0 bridgehead atoms. The monoisotopic (exact) mass is 312 g/mol. The number of hydrogen-bond donors (Lipinski definition) is 5. The third kappa shape index (κ3) is 8.78. The lowest BCUT2D eigenvalue weighted by Gasteiger charge is -2.04. The van der Waals surface area contributed by atoms with Gasteiger partial charge in [-0.3, -0.25) is 4.79 Å². The van der Waals surface area contributed by atoms with Gasteiger partial charge in [0.15, 0.2) is 5.76 Å². The fourth-order valence-electron chi connectivity index (χ4n) is 1.06. The second-order valence-electron chi connectivity index (χ2n) is 3.50. The van der Waals surface area contributed by atoms with Crippen molar-refractivity contribution in [1.29, 1.82) is 0 Å². The normalized spacial score (nSPS) is 9.86. The molecule has 0 spiro atoms. The summed E-state index contributed by atoms with van der Waals surface area (Å²) in [5, 5.41) is 42.8. The predicted molar refractivity (Wildman–Crippen MR) is 76.4 cm³/mol. The van der Waals surface area contributed by atoms with Gasteiger partial charge in [0.05, 0.1) is 12.0 Å². The maximum Gasteiger partial charge on any atom is 0.340 e. The van der Waals surface area contributed by atoms with Gasteiger partial charge >= 0.3 is 17.9 Å². The molecular weight excluding hydrogens is 296 g/mol. The summed E-state index contributed by atoms with van der Waals surface area (Å²) in [5.41, 5.74) is 0.587. The molecule has 0 rings (SSSR count). The Balaban J connectivity index is 0. The van der Waals surface area contributed by atoms with Crippen molar-refractivity contribution in [3.63, 3.8) is 0 Å². The molecule has 0 atom stereocenters. The fourth-order valence-corrected chi connectivity index (χ4v) is 1.06. The number of carboxylic acid groups (broad SMARTS) is 3. The van der Waals surface area contributed by atoms with Crippen LogP contribution in [0.2, 0.25) is 0 Å². The smallest absolute Gasteiger partial charge is 0.340 e.